The summed E-state index contributed by atoms with van der Waals surface area (Å²) in [6, 6.07) is 10.2. The minimum atomic E-state index is -4.31. The Morgan fingerprint density at radius 1 is 1.14 bits per heavy atom. The van der Waals surface area contributed by atoms with E-state index in [-0.39, 0.29) is 11.9 Å². The van der Waals surface area contributed by atoms with Gasteiger partial charge in [-0.25, -0.2) is 0 Å². The van der Waals surface area contributed by atoms with Gasteiger partial charge in [0.25, 0.3) is 5.91 Å². The molecule has 28 heavy (non-hydrogen) atoms. The van der Waals surface area contributed by atoms with E-state index in [4.69, 9.17) is 0 Å². The average Bonchev–Trinajstić information content (AvgIpc) is 3.14. The molecule has 2 aromatic rings. The van der Waals surface area contributed by atoms with Crippen molar-refractivity contribution in [3.05, 3.63) is 46.8 Å². The number of amides is 1. The third-order valence-corrected chi connectivity index (χ3v) is 7.94. The lowest BCUT2D eigenvalue weighted by molar-refractivity contribution is -0.134. The average molecular weight is 427 g/mol. The van der Waals surface area contributed by atoms with Crippen molar-refractivity contribution in [2.24, 2.45) is 5.92 Å². The number of benzene rings is 1. The maximum absolute atomic E-state index is 12.7. The lowest BCUT2D eigenvalue weighted by Crippen LogP contribution is -2.62. The number of hydrogen-bond acceptors (Lipinski definition) is 4. The van der Waals surface area contributed by atoms with E-state index in [9.17, 15) is 18.0 Å². The Hall–Kier alpha value is -1.51. The summed E-state index contributed by atoms with van der Waals surface area (Å²) in [5, 5.41) is 3.20. The van der Waals surface area contributed by atoms with Crippen LogP contribution in [0.25, 0.3) is 0 Å². The Bertz CT molecular complexity index is 840. The van der Waals surface area contributed by atoms with E-state index in [2.05, 4.69) is 17.1 Å². The second-order valence-corrected chi connectivity index (χ2v) is 9.81. The number of piperidine rings is 3. The van der Waals surface area contributed by atoms with Crippen LogP contribution in [-0.4, -0.2) is 36.0 Å². The van der Waals surface area contributed by atoms with E-state index in [0.717, 1.165) is 48.2 Å². The lowest BCUT2D eigenvalue weighted by atomic mass is 9.79. The fraction of sp³-hybridized carbons (Fsp3) is 0.450. The van der Waals surface area contributed by atoms with Crippen LogP contribution in [0.1, 0.15) is 35.0 Å². The monoisotopic (exact) mass is 426 g/mol. The molecule has 2 unspecified atom stereocenters. The van der Waals surface area contributed by atoms with Crippen molar-refractivity contribution >= 4 is 29.0 Å². The molecule has 3 aliphatic rings. The minimum Gasteiger partial charge on any atom is -0.347 e. The van der Waals surface area contributed by atoms with Gasteiger partial charge in [-0.15, -0.1) is 11.3 Å². The third-order valence-electron chi connectivity index (χ3n) is 5.67. The number of carbonyl (C=O) groups excluding carboxylic acids is 1. The number of rotatable bonds is 4. The molecule has 3 nitrogen and oxygen atoms in total. The van der Waals surface area contributed by atoms with Crippen molar-refractivity contribution in [2.75, 3.05) is 13.1 Å². The molecular weight excluding hydrogens is 405 g/mol. The smallest absolute Gasteiger partial charge is 0.347 e. The van der Waals surface area contributed by atoms with Crippen LogP contribution in [0, 0.1) is 5.92 Å². The number of nitrogens with zero attached hydrogens (tertiary/aromatic N) is 1. The van der Waals surface area contributed by atoms with E-state index in [1.807, 2.05) is 0 Å². The van der Waals surface area contributed by atoms with E-state index >= 15 is 0 Å². The molecule has 1 amide bonds. The topological polar surface area (TPSA) is 32.3 Å². The van der Waals surface area contributed by atoms with Crippen molar-refractivity contribution in [1.29, 1.82) is 0 Å². The molecular formula is C20H21F3N2OS2. The molecule has 3 saturated heterocycles. The molecule has 150 valence electrons. The first-order valence-electron chi connectivity index (χ1n) is 9.31. The first kappa shape index (κ1) is 19.8. The molecule has 5 rings (SSSR count). The van der Waals surface area contributed by atoms with Gasteiger partial charge in [0, 0.05) is 22.5 Å². The van der Waals surface area contributed by atoms with Crippen molar-refractivity contribution < 1.29 is 18.0 Å². The molecule has 8 heteroatoms. The van der Waals surface area contributed by atoms with Gasteiger partial charge < -0.3 is 5.32 Å². The van der Waals surface area contributed by atoms with E-state index in [1.54, 1.807) is 24.3 Å². The Labute approximate surface area is 170 Å². The summed E-state index contributed by atoms with van der Waals surface area (Å²) in [4.78, 5) is 15.3. The van der Waals surface area contributed by atoms with Crippen molar-refractivity contribution in [3.63, 3.8) is 0 Å². The summed E-state index contributed by atoms with van der Waals surface area (Å²) in [5.74, 6) is 0.457. The molecule has 1 N–H and O–H groups in total. The number of carbonyl (C=O) groups is 1. The van der Waals surface area contributed by atoms with Gasteiger partial charge in [-0.3, -0.25) is 9.69 Å². The summed E-state index contributed by atoms with van der Waals surface area (Å²) in [6.45, 7) is 4.40. The van der Waals surface area contributed by atoms with Crippen molar-refractivity contribution in [2.45, 2.75) is 47.1 Å². The van der Waals surface area contributed by atoms with Crippen LogP contribution in [0.15, 0.2) is 45.5 Å². The van der Waals surface area contributed by atoms with Crippen LogP contribution >= 0.6 is 23.1 Å². The number of hydrogen-bond donors (Lipinski definition) is 1. The standard InChI is InChI=1S/C20H21F3N2OS2/c1-12-18(13-8-10-25(12)11-9-13)24-19(26)14-2-4-15(5-3-14)27-17-7-6-16(28-17)20(21,22)23/h2-7,12-13,18H,8-11H2,1H3,(H,24,26). The molecule has 3 fully saturated rings. The Kier molecular flexibility index (Phi) is 5.46. The van der Waals surface area contributed by atoms with Gasteiger partial charge in [0.1, 0.15) is 4.88 Å². The summed E-state index contributed by atoms with van der Waals surface area (Å²) < 4.78 is 38.7. The predicted octanol–water partition coefficient (Wildman–Crippen LogP) is 5.13. The first-order valence-corrected chi connectivity index (χ1v) is 10.9. The summed E-state index contributed by atoms with van der Waals surface area (Å²) in [7, 11) is 0. The van der Waals surface area contributed by atoms with Gasteiger partial charge >= 0.3 is 6.18 Å². The molecule has 1 aromatic carbocycles. The van der Waals surface area contributed by atoms with Crippen molar-refractivity contribution in [3.8, 4) is 0 Å². The number of nitrogens with one attached hydrogen (secondary N) is 1. The van der Waals surface area contributed by atoms with E-state index in [0.29, 0.717) is 21.7 Å². The summed E-state index contributed by atoms with van der Waals surface area (Å²) in [6.07, 6.45) is -2.05. The van der Waals surface area contributed by atoms with Crippen LogP contribution in [0.4, 0.5) is 13.2 Å². The highest BCUT2D eigenvalue weighted by Gasteiger charge is 2.40. The molecule has 0 saturated carbocycles. The zero-order valence-corrected chi connectivity index (χ0v) is 17.0. The van der Waals surface area contributed by atoms with Crippen LogP contribution in [-0.2, 0) is 6.18 Å². The van der Waals surface area contributed by atoms with Gasteiger partial charge in [-0.2, -0.15) is 13.2 Å². The molecule has 2 bridgehead atoms. The maximum atomic E-state index is 12.7. The van der Waals surface area contributed by atoms with Crippen molar-refractivity contribution in [1.82, 2.24) is 10.2 Å². The molecule has 0 aliphatic carbocycles. The number of halogens is 3. The second-order valence-electron chi connectivity index (χ2n) is 7.36. The Morgan fingerprint density at radius 3 is 2.39 bits per heavy atom. The summed E-state index contributed by atoms with van der Waals surface area (Å²) in [5.41, 5.74) is 0.579. The van der Waals surface area contributed by atoms with Crippen LogP contribution in [0.3, 0.4) is 0 Å². The quantitative estimate of drug-likeness (QED) is 0.736. The lowest BCUT2D eigenvalue weighted by Gasteiger charge is -2.49. The minimum absolute atomic E-state index is 0.0855. The zero-order valence-electron chi connectivity index (χ0n) is 15.3. The third kappa shape index (κ3) is 4.09. The normalized spacial score (nSPS) is 27.0. The van der Waals surface area contributed by atoms with E-state index < -0.39 is 11.1 Å². The Morgan fingerprint density at radius 2 is 1.82 bits per heavy atom. The molecule has 2 atom stereocenters. The maximum Gasteiger partial charge on any atom is 0.425 e. The van der Waals surface area contributed by atoms with Gasteiger partial charge in [-0.05, 0) is 75.2 Å². The van der Waals surface area contributed by atoms with E-state index in [1.165, 1.54) is 17.8 Å². The molecule has 0 radical (unpaired) electrons. The summed E-state index contributed by atoms with van der Waals surface area (Å²) >= 11 is 2.00. The van der Waals surface area contributed by atoms with Gasteiger partial charge in [0.05, 0.1) is 4.21 Å². The molecule has 4 heterocycles. The molecule has 3 aliphatic heterocycles. The number of alkyl halides is 3. The molecule has 1 aromatic heterocycles. The Balaban J connectivity index is 1.39. The van der Waals surface area contributed by atoms with Crippen LogP contribution in [0.2, 0.25) is 0 Å². The van der Waals surface area contributed by atoms with Crippen LogP contribution < -0.4 is 5.32 Å². The largest absolute Gasteiger partial charge is 0.425 e. The van der Waals surface area contributed by atoms with Gasteiger partial charge in [-0.1, -0.05) is 11.8 Å². The second kappa shape index (κ2) is 7.72. The highest BCUT2D eigenvalue weighted by Crippen LogP contribution is 2.40. The van der Waals surface area contributed by atoms with Gasteiger partial charge in [0.2, 0.25) is 0 Å². The fourth-order valence-electron chi connectivity index (χ4n) is 4.10. The highest BCUT2D eigenvalue weighted by molar-refractivity contribution is 8.01. The number of thiophene rings is 1. The predicted molar refractivity (Wildman–Crippen MR) is 105 cm³/mol. The number of fused-ring (bicyclic) bond motifs is 3. The molecule has 0 spiro atoms. The van der Waals surface area contributed by atoms with Gasteiger partial charge in [0.15, 0.2) is 0 Å². The van der Waals surface area contributed by atoms with Crippen LogP contribution in [0.5, 0.6) is 0 Å². The zero-order chi connectivity index (χ0) is 19.9. The first-order chi connectivity index (χ1) is 13.3. The SMILES string of the molecule is CC1C(NC(=O)c2ccc(Sc3ccc(C(F)(F)F)s3)cc2)C2CCN1CC2. The fourth-order valence-corrected chi connectivity index (χ4v) is 6.07. The highest BCUT2D eigenvalue weighted by atomic mass is 32.2.